The number of nitrogens with zero attached hydrogens (tertiary/aromatic N) is 1. The first-order valence-electron chi connectivity index (χ1n) is 6.32. The maximum absolute atomic E-state index is 6.09. The molecule has 17 heavy (non-hydrogen) atoms. The minimum atomic E-state index is 0.136. The van der Waals surface area contributed by atoms with Gasteiger partial charge in [0.2, 0.25) is 0 Å². The van der Waals surface area contributed by atoms with Crippen LogP contribution in [0, 0.1) is 6.92 Å². The van der Waals surface area contributed by atoms with E-state index in [1.807, 2.05) is 0 Å². The number of hydrogen-bond acceptors (Lipinski definition) is 2. The number of likely N-dealkylation sites (tertiary alicyclic amines) is 1. The highest BCUT2D eigenvalue weighted by molar-refractivity contribution is 5.41. The number of likely N-dealkylation sites (N-methyl/N-ethyl adjacent to an activating group) is 1. The van der Waals surface area contributed by atoms with E-state index < -0.39 is 0 Å². The van der Waals surface area contributed by atoms with Crippen molar-refractivity contribution >= 4 is 0 Å². The van der Waals surface area contributed by atoms with Gasteiger partial charge in [-0.1, -0.05) is 38.5 Å². The molecular weight excluding hydrogens is 210 g/mol. The lowest BCUT2D eigenvalue weighted by Crippen LogP contribution is -2.51. The molecular formula is C15H23NO. The second kappa shape index (κ2) is 4.34. The molecule has 1 aliphatic heterocycles. The van der Waals surface area contributed by atoms with Crippen LogP contribution in [-0.4, -0.2) is 31.1 Å². The average Bonchev–Trinajstić information content (AvgIpc) is 2.16. The summed E-state index contributed by atoms with van der Waals surface area (Å²) in [7, 11) is 2.12. The summed E-state index contributed by atoms with van der Waals surface area (Å²) in [6.07, 6.45) is 0.365. The van der Waals surface area contributed by atoms with Gasteiger partial charge < -0.3 is 4.74 Å². The lowest BCUT2D eigenvalue weighted by molar-refractivity contribution is 0.0375. The van der Waals surface area contributed by atoms with E-state index in [-0.39, 0.29) is 5.41 Å². The van der Waals surface area contributed by atoms with Gasteiger partial charge in [0.15, 0.2) is 0 Å². The average molecular weight is 233 g/mol. The van der Waals surface area contributed by atoms with Crippen molar-refractivity contribution in [3.05, 3.63) is 29.3 Å². The van der Waals surface area contributed by atoms with Crippen molar-refractivity contribution in [3.63, 3.8) is 0 Å². The first-order valence-corrected chi connectivity index (χ1v) is 6.32. The molecule has 0 N–H and O–H groups in total. The Kier molecular flexibility index (Phi) is 3.17. The van der Waals surface area contributed by atoms with Crippen LogP contribution in [0.25, 0.3) is 0 Å². The molecule has 0 amide bonds. The molecule has 1 fully saturated rings. The SMILES string of the molecule is Cc1ccc(OC2CN(C)C2)c(C(C)(C)C)c1. The van der Waals surface area contributed by atoms with E-state index in [0.29, 0.717) is 6.10 Å². The largest absolute Gasteiger partial charge is 0.487 e. The Labute approximate surface area is 105 Å². The Bertz CT molecular complexity index is 400. The third-order valence-electron chi connectivity index (χ3n) is 3.27. The van der Waals surface area contributed by atoms with E-state index in [0.717, 1.165) is 18.8 Å². The molecule has 2 heteroatoms. The lowest BCUT2D eigenvalue weighted by atomic mass is 9.85. The molecule has 2 rings (SSSR count). The van der Waals surface area contributed by atoms with Gasteiger partial charge in [-0.25, -0.2) is 0 Å². The molecule has 1 saturated heterocycles. The summed E-state index contributed by atoms with van der Waals surface area (Å²) in [6.45, 7) is 10.9. The zero-order valence-corrected chi connectivity index (χ0v) is 11.6. The zero-order chi connectivity index (χ0) is 12.6. The fourth-order valence-electron chi connectivity index (χ4n) is 2.23. The van der Waals surface area contributed by atoms with Crippen LogP contribution in [0.3, 0.4) is 0 Å². The summed E-state index contributed by atoms with van der Waals surface area (Å²) in [5, 5.41) is 0. The van der Waals surface area contributed by atoms with Crippen LogP contribution in [0.4, 0.5) is 0 Å². The summed E-state index contributed by atoms with van der Waals surface area (Å²) in [5.41, 5.74) is 2.75. The van der Waals surface area contributed by atoms with Crippen LogP contribution in [0.15, 0.2) is 18.2 Å². The Morgan fingerprint density at radius 3 is 2.41 bits per heavy atom. The second-order valence-electron chi connectivity index (χ2n) is 6.21. The zero-order valence-electron chi connectivity index (χ0n) is 11.6. The fourth-order valence-corrected chi connectivity index (χ4v) is 2.23. The van der Waals surface area contributed by atoms with Crippen molar-refractivity contribution in [2.24, 2.45) is 0 Å². The molecule has 0 spiro atoms. The van der Waals surface area contributed by atoms with E-state index in [1.54, 1.807) is 0 Å². The van der Waals surface area contributed by atoms with E-state index in [1.165, 1.54) is 11.1 Å². The van der Waals surface area contributed by atoms with E-state index in [4.69, 9.17) is 4.74 Å². The van der Waals surface area contributed by atoms with Crippen molar-refractivity contribution < 1.29 is 4.74 Å². The maximum Gasteiger partial charge on any atom is 0.124 e. The van der Waals surface area contributed by atoms with Crippen LogP contribution in [0.2, 0.25) is 0 Å². The molecule has 1 heterocycles. The van der Waals surface area contributed by atoms with Crippen LogP contribution in [-0.2, 0) is 5.41 Å². The lowest BCUT2D eigenvalue weighted by Gasteiger charge is -2.37. The van der Waals surface area contributed by atoms with Crippen LogP contribution in [0.1, 0.15) is 31.9 Å². The van der Waals surface area contributed by atoms with Gasteiger partial charge >= 0.3 is 0 Å². The predicted molar refractivity (Wildman–Crippen MR) is 71.8 cm³/mol. The van der Waals surface area contributed by atoms with Gasteiger partial charge in [-0.15, -0.1) is 0 Å². The Balaban J connectivity index is 2.21. The first-order chi connectivity index (χ1) is 7.86. The molecule has 0 unspecified atom stereocenters. The van der Waals surface area contributed by atoms with Crippen molar-refractivity contribution in [2.45, 2.75) is 39.2 Å². The highest BCUT2D eigenvalue weighted by Gasteiger charge is 2.27. The minimum absolute atomic E-state index is 0.136. The predicted octanol–water partition coefficient (Wildman–Crippen LogP) is 2.99. The van der Waals surface area contributed by atoms with Gasteiger partial charge in [0.25, 0.3) is 0 Å². The van der Waals surface area contributed by atoms with Crippen molar-refractivity contribution in [1.82, 2.24) is 4.90 Å². The minimum Gasteiger partial charge on any atom is -0.487 e. The topological polar surface area (TPSA) is 12.5 Å². The Morgan fingerprint density at radius 1 is 1.24 bits per heavy atom. The van der Waals surface area contributed by atoms with Crippen molar-refractivity contribution in [1.29, 1.82) is 0 Å². The van der Waals surface area contributed by atoms with Gasteiger partial charge in [-0.05, 0) is 31.0 Å². The highest BCUT2D eigenvalue weighted by atomic mass is 16.5. The summed E-state index contributed by atoms with van der Waals surface area (Å²) in [4.78, 5) is 2.27. The van der Waals surface area contributed by atoms with E-state index in [2.05, 4.69) is 57.8 Å². The number of benzene rings is 1. The number of hydrogen-bond donors (Lipinski definition) is 0. The highest BCUT2D eigenvalue weighted by Crippen LogP contribution is 2.33. The van der Waals surface area contributed by atoms with E-state index in [9.17, 15) is 0 Å². The third kappa shape index (κ3) is 2.81. The molecule has 2 nitrogen and oxygen atoms in total. The molecule has 0 radical (unpaired) electrons. The van der Waals surface area contributed by atoms with E-state index >= 15 is 0 Å². The Hall–Kier alpha value is -1.02. The van der Waals surface area contributed by atoms with Gasteiger partial charge in [0.05, 0.1) is 0 Å². The monoisotopic (exact) mass is 233 g/mol. The van der Waals surface area contributed by atoms with Crippen LogP contribution < -0.4 is 4.74 Å². The summed E-state index contributed by atoms with van der Waals surface area (Å²) in [6, 6.07) is 6.50. The van der Waals surface area contributed by atoms with Gasteiger partial charge in [0.1, 0.15) is 11.9 Å². The molecule has 0 saturated carbocycles. The summed E-state index contributed by atoms with van der Waals surface area (Å²) >= 11 is 0. The summed E-state index contributed by atoms with van der Waals surface area (Å²) < 4.78 is 6.09. The fraction of sp³-hybridized carbons (Fsp3) is 0.600. The molecule has 0 aromatic heterocycles. The Morgan fingerprint density at radius 2 is 1.88 bits per heavy atom. The standard InChI is InChI=1S/C15H23NO/c1-11-6-7-14(13(8-11)15(2,3)4)17-12-9-16(5)10-12/h6-8,12H,9-10H2,1-5H3. The normalized spacial score (nSPS) is 17.9. The smallest absolute Gasteiger partial charge is 0.124 e. The van der Waals surface area contributed by atoms with Crippen molar-refractivity contribution in [3.8, 4) is 5.75 Å². The number of rotatable bonds is 2. The molecule has 0 aliphatic carbocycles. The second-order valence-corrected chi connectivity index (χ2v) is 6.21. The maximum atomic E-state index is 6.09. The third-order valence-corrected chi connectivity index (χ3v) is 3.27. The molecule has 1 aliphatic rings. The van der Waals surface area contributed by atoms with Gasteiger partial charge in [-0.2, -0.15) is 0 Å². The van der Waals surface area contributed by atoms with Gasteiger partial charge in [0, 0.05) is 13.1 Å². The van der Waals surface area contributed by atoms with Crippen LogP contribution in [0.5, 0.6) is 5.75 Å². The molecule has 1 aromatic carbocycles. The molecule has 1 aromatic rings. The van der Waals surface area contributed by atoms with Crippen LogP contribution >= 0.6 is 0 Å². The molecule has 94 valence electrons. The van der Waals surface area contributed by atoms with Gasteiger partial charge in [-0.3, -0.25) is 4.90 Å². The quantitative estimate of drug-likeness (QED) is 0.778. The summed E-state index contributed by atoms with van der Waals surface area (Å²) in [5.74, 6) is 1.06. The number of ether oxygens (including phenoxy) is 1. The molecule has 0 atom stereocenters. The molecule has 0 bridgehead atoms. The van der Waals surface area contributed by atoms with Crippen molar-refractivity contribution in [2.75, 3.05) is 20.1 Å². The number of aryl methyl sites for hydroxylation is 1. The first kappa shape index (κ1) is 12.4.